The molecule has 43 heavy (non-hydrogen) atoms. The first-order chi connectivity index (χ1) is 20.7. The van der Waals surface area contributed by atoms with Gasteiger partial charge >= 0.3 is 0 Å². The highest BCUT2D eigenvalue weighted by atomic mass is 19.1. The van der Waals surface area contributed by atoms with E-state index in [9.17, 15) is 18.8 Å². The number of fused-ring (bicyclic) bond motifs is 2. The largest absolute Gasteiger partial charge is 0.478 e. The molecule has 1 saturated heterocycles. The Hall–Kier alpha value is -5.05. The summed E-state index contributed by atoms with van der Waals surface area (Å²) in [7, 11) is 0. The SMILES string of the molecule is CC(C)(Oc1ccc2ccccc2c1)C(=O)N1CCN(C(=O)c2cc(Cc3n[nH]c(=O)c4ccccc34)ccc2F)CC1. The maximum atomic E-state index is 14.9. The predicted molar refractivity (Wildman–Crippen MR) is 163 cm³/mol. The first kappa shape index (κ1) is 28.1. The van der Waals surface area contributed by atoms with Crippen LogP contribution in [0.2, 0.25) is 0 Å². The maximum absolute atomic E-state index is 14.9. The van der Waals surface area contributed by atoms with Crippen molar-refractivity contribution in [2.45, 2.75) is 25.9 Å². The van der Waals surface area contributed by atoms with E-state index in [2.05, 4.69) is 10.2 Å². The number of nitrogens with one attached hydrogen (secondary N) is 1. The molecule has 1 aliphatic heterocycles. The van der Waals surface area contributed by atoms with E-state index in [-0.39, 0.29) is 30.1 Å². The minimum atomic E-state index is -1.12. The number of carbonyl (C=O) groups excluding carboxylic acids is 2. The fourth-order valence-corrected chi connectivity index (χ4v) is 5.58. The molecule has 218 valence electrons. The molecule has 8 nitrogen and oxygen atoms in total. The number of hydrogen-bond donors (Lipinski definition) is 1. The molecule has 9 heteroatoms. The van der Waals surface area contributed by atoms with Gasteiger partial charge in [0.15, 0.2) is 5.60 Å². The molecule has 5 aromatic rings. The highest BCUT2D eigenvalue weighted by Crippen LogP contribution is 2.26. The van der Waals surface area contributed by atoms with Gasteiger partial charge in [0, 0.05) is 38.0 Å². The van der Waals surface area contributed by atoms with Crippen molar-refractivity contribution < 1.29 is 18.7 Å². The highest BCUT2D eigenvalue weighted by Gasteiger charge is 2.36. The Morgan fingerprint density at radius 2 is 1.53 bits per heavy atom. The van der Waals surface area contributed by atoms with Gasteiger partial charge < -0.3 is 14.5 Å². The Balaban J connectivity index is 1.12. The van der Waals surface area contributed by atoms with Gasteiger partial charge in [0.05, 0.1) is 16.6 Å². The van der Waals surface area contributed by atoms with Crippen molar-refractivity contribution in [2.75, 3.05) is 26.2 Å². The van der Waals surface area contributed by atoms with Gasteiger partial charge in [-0.2, -0.15) is 5.10 Å². The van der Waals surface area contributed by atoms with Crippen LogP contribution in [0.15, 0.2) is 89.7 Å². The molecule has 1 aliphatic rings. The molecule has 2 heterocycles. The Morgan fingerprint density at radius 3 is 2.30 bits per heavy atom. The Labute approximate surface area is 247 Å². The monoisotopic (exact) mass is 578 g/mol. The number of nitrogens with zero attached hydrogens (tertiary/aromatic N) is 3. The third kappa shape index (κ3) is 5.70. The number of carbonyl (C=O) groups is 2. The van der Waals surface area contributed by atoms with E-state index in [1.807, 2.05) is 54.6 Å². The lowest BCUT2D eigenvalue weighted by Gasteiger charge is -2.38. The van der Waals surface area contributed by atoms with Crippen LogP contribution in [0.3, 0.4) is 0 Å². The Morgan fingerprint density at radius 1 is 0.860 bits per heavy atom. The summed E-state index contributed by atoms with van der Waals surface area (Å²) in [6.07, 6.45) is 0.312. The molecule has 4 aromatic carbocycles. The van der Waals surface area contributed by atoms with Crippen LogP contribution >= 0.6 is 0 Å². The third-order valence-corrected chi connectivity index (χ3v) is 7.87. The fourth-order valence-electron chi connectivity index (χ4n) is 5.58. The first-order valence-corrected chi connectivity index (χ1v) is 14.2. The Kier molecular flexibility index (Phi) is 7.39. The zero-order chi connectivity index (χ0) is 30.1. The third-order valence-electron chi connectivity index (χ3n) is 7.87. The van der Waals surface area contributed by atoms with Crippen molar-refractivity contribution in [3.8, 4) is 5.75 Å². The summed E-state index contributed by atoms with van der Waals surface area (Å²) in [5, 5.41) is 10.0. The number of aromatic nitrogens is 2. The van der Waals surface area contributed by atoms with Crippen molar-refractivity contribution in [3.05, 3.63) is 118 Å². The number of piperazine rings is 1. The number of H-pyrrole nitrogens is 1. The number of aromatic amines is 1. The van der Waals surface area contributed by atoms with Gasteiger partial charge in [-0.25, -0.2) is 9.49 Å². The summed E-state index contributed by atoms with van der Waals surface area (Å²) in [5.74, 6) is -0.623. The minimum Gasteiger partial charge on any atom is -0.478 e. The molecule has 0 unspecified atom stereocenters. The predicted octanol–water partition coefficient (Wildman–Crippen LogP) is 4.95. The second-order valence-corrected chi connectivity index (χ2v) is 11.2. The van der Waals surface area contributed by atoms with Gasteiger partial charge in [-0.3, -0.25) is 14.4 Å². The number of halogens is 1. The van der Waals surface area contributed by atoms with Gasteiger partial charge in [0.2, 0.25) is 0 Å². The molecule has 0 bridgehead atoms. The lowest BCUT2D eigenvalue weighted by molar-refractivity contribution is -0.147. The average molecular weight is 579 g/mol. The standard InChI is InChI=1S/C34H31FN4O4/c1-34(2,43-25-13-12-23-7-3-4-8-24(23)21-25)33(42)39-17-15-38(16-18-39)32(41)28-19-22(11-14-29(28)35)20-30-26-9-5-6-10-27(26)31(40)37-36-30/h3-14,19,21H,15-18,20H2,1-2H3,(H,37,40). The van der Waals surface area contributed by atoms with Crippen LogP contribution in [-0.2, 0) is 11.2 Å². The second-order valence-electron chi connectivity index (χ2n) is 11.2. The van der Waals surface area contributed by atoms with Crippen LogP contribution in [0, 0.1) is 5.82 Å². The molecule has 0 atom stereocenters. The maximum Gasteiger partial charge on any atom is 0.272 e. The van der Waals surface area contributed by atoms with Crippen LogP contribution in [0.1, 0.15) is 35.5 Å². The van der Waals surface area contributed by atoms with E-state index in [4.69, 9.17) is 4.74 Å². The normalized spacial score (nSPS) is 13.8. The van der Waals surface area contributed by atoms with Crippen molar-refractivity contribution in [1.82, 2.24) is 20.0 Å². The summed E-state index contributed by atoms with van der Waals surface area (Å²) in [4.78, 5) is 42.2. The zero-order valence-corrected chi connectivity index (χ0v) is 24.0. The van der Waals surface area contributed by atoms with Crippen molar-refractivity contribution in [3.63, 3.8) is 0 Å². The lowest BCUT2D eigenvalue weighted by Crippen LogP contribution is -2.56. The molecule has 1 fully saturated rings. The van der Waals surface area contributed by atoms with E-state index < -0.39 is 17.3 Å². The van der Waals surface area contributed by atoms with E-state index in [1.54, 1.807) is 41.8 Å². The van der Waals surface area contributed by atoms with Crippen LogP contribution in [0.5, 0.6) is 5.75 Å². The summed E-state index contributed by atoms with van der Waals surface area (Å²) < 4.78 is 21.0. The van der Waals surface area contributed by atoms with E-state index in [1.165, 1.54) is 12.1 Å². The van der Waals surface area contributed by atoms with Gasteiger partial charge in [-0.05, 0) is 60.5 Å². The van der Waals surface area contributed by atoms with Crippen LogP contribution in [0.25, 0.3) is 21.5 Å². The molecule has 0 aliphatic carbocycles. The quantitative estimate of drug-likeness (QED) is 0.308. The van der Waals surface area contributed by atoms with Crippen LogP contribution < -0.4 is 10.3 Å². The molecule has 6 rings (SSSR count). The number of ether oxygens (including phenoxy) is 1. The second kappa shape index (κ2) is 11.3. The van der Waals surface area contributed by atoms with Crippen molar-refractivity contribution in [2.24, 2.45) is 0 Å². The number of amides is 2. The van der Waals surface area contributed by atoms with E-state index in [0.29, 0.717) is 47.3 Å². The van der Waals surface area contributed by atoms with Crippen molar-refractivity contribution in [1.29, 1.82) is 0 Å². The van der Waals surface area contributed by atoms with Crippen molar-refractivity contribution >= 4 is 33.4 Å². The number of hydrogen-bond acceptors (Lipinski definition) is 5. The van der Waals surface area contributed by atoms with Gasteiger partial charge in [-0.1, -0.05) is 54.6 Å². The summed E-state index contributed by atoms with van der Waals surface area (Å²) >= 11 is 0. The molecule has 0 spiro atoms. The molecule has 2 amide bonds. The fraction of sp³-hybridized carbons (Fsp3) is 0.235. The average Bonchev–Trinajstić information content (AvgIpc) is 3.02. The topological polar surface area (TPSA) is 95.6 Å². The van der Waals surface area contributed by atoms with Gasteiger partial charge in [0.25, 0.3) is 17.4 Å². The van der Waals surface area contributed by atoms with Gasteiger partial charge in [0.1, 0.15) is 11.6 Å². The summed E-state index contributed by atoms with van der Waals surface area (Å²) in [6.45, 7) is 4.64. The molecule has 0 radical (unpaired) electrons. The number of rotatable bonds is 6. The summed E-state index contributed by atoms with van der Waals surface area (Å²) in [6, 6.07) is 25.2. The Bertz CT molecular complexity index is 1910. The molecule has 0 saturated carbocycles. The number of benzene rings is 4. The highest BCUT2D eigenvalue weighted by molar-refractivity contribution is 5.95. The molecular formula is C34H31FN4O4. The van der Waals surface area contributed by atoms with Gasteiger partial charge in [-0.15, -0.1) is 0 Å². The van der Waals surface area contributed by atoms with Crippen LogP contribution in [-0.4, -0.2) is 63.6 Å². The zero-order valence-electron chi connectivity index (χ0n) is 24.0. The molecule has 1 aromatic heterocycles. The molecule has 1 N–H and O–H groups in total. The lowest BCUT2D eigenvalue weighted by atomic mass is 10.0. The molecular weight excluding hydrogens is 547 g/mol. The van der Waals surface area contributed by atoms with E-state index in [0.717, 1.165) is 10.8 Å². The first-order valence-electron chi connectivity index (χ1n) is 14.2. The summed E-state index contributed by atoms with van der Waals surface area (Å²) in [5.41, 5.74) is -0.118. The smallest absolute Gasteiger partial charge is 0.272 e. The minimum absolute atomic E-state index is 0.0361. The van der Waals surface area contributed by atoms with E-state index >= 15 is 0 Å². The van der Waals surface area contributed by atoms with Crippen LogP contribution in [0.4, 0.5) is 4.39 Å².